The number of carbonyl (C=O) groups excluding carboxylic acids is 2. The number of imidazole rings is 1. The number of hydrogen-bond donors (Lipinski definition) is 1. The molecule has 134 valence electrons. The molecule has 0 fully saturated rings. The summed E-state index contributed by atoms with van der Waals surface area (Å²) < 4.78 is 2.56. The van der Waals surface area contributed by atoms with Gasteiger partial charge in [-0.2, -0.15) is 0 Å². The summed E-state index contributed by atoms with van der Waals surface area (Å²) in [6.45, 7) is 1.18. The van der Waals surface area contributed by atoms with Crippen LogP contribution in [0, 0.1) is 0 Å². The second kappa shape index (κ2) is 8.78. The predicted octanol–water partition coefficient (Wildman–Crippen LogP) is 3.93. The zero-order valence-electron chi connectivity index (χ0n) is 14.0. The van der Waals surface area contributed by atoms with Crippen molar-refractivity contribution in [1.82, 2.24) is 14.9 Å². The Labute approximate surface area is 160 Å². The first-order valence-electron chi connectivity index (χ1n) is 8.19. The van der Waals surface area contributed by atoms with Crippen LogP contribution in [0.2, 0.25) is 4.34 Å². The Morgan fingerprint density at radius 3 is 2.73 bits per heavy atom. The van der Waals surface area contributed by atoms with Crippen LogP contribution in [-0.4, -0.2) is 21.2 Å². The summed E-state index contributed by atoms with van der Waals surface area (Å²) in [6, 6.07) is 11.4. The monoisotopic (exact) mass is 387 g/mol. The molecule has 0 bridgehead atoms. The van der Waals surface area contributed by atoms with Gasteiger partial charge in [0.2, 0.25) is 5.91 Å². The van der Waals surface area contributed by atoms with Crippen LogP contribution in [0.3, 0.4) is 0 Å². The van der Waals surface area contributed by atoms with Crippen molar-refractivity contribution in [2.24, 2.45) is 0 Å². The second-order valence-corrected chi connectivity index (χ2v) is 7.57. The highest BCUT2D eigenvalue weighted by Gasteiger charge is 2.11. The van der Waals surface area contributed by atoms with E-state index in [-0.39, 0.29) is 24.5 Å². The topological polar surface area (TPSA) is 64.0 Å². The number of amides is 1. The molecule has 1 amide bonds. The minimum Gasteiger partial charge on any atom is -0.352 e. The summed E-state index contributed by atoms with van der Waals surface area (Å²) in [6.07, 6.45) is 5.78. The zero-order chi connectivity index (χ0) is 18.4. The largest absolute Gasteiger partial charge is 0.352 e. The van der Waals surface area contributed by atoms with Crippen LogP contribution in [-0.2, 0) is 17.9 Å². The number of carbonyl (C=O) groups is 2. The Kier molecular flexibility index (Phi) is 6.20. The number of nitrogens with zero attached hydrogens (tertiary/aromatic N) is 2. The molecule has 1 aromatic carbocycles. The smallest absolute Gasteiger partial charge is 0.220 e. The molecule has 5 nitrogen and oxygen atoms in total. The maximum atomic E-state index is 12.0. The minimum atomic E-state index is -0.138. The van der Waals surface area contributed by atoms with Gasteiger partial charge >= 0.3 is 0 Å². The summed E-state index contributed by atoms with van der Waals surface area (Å²) in [4.78, 5) is 28.6. The van der Waals surface area contributed by atoms with E-state index in [1.54, 1.807) is 24.7 Å². The Bertz CT molecular complexity index is 890. The summed E-state index contributed by atoms with van der Waals surface area (Å²) in [5, 5.41) is 2.86. The molecule has 3 aromatic rings. The summed E-state index contributed by atoms with van der Waals surface area (Å²) in [5.74, 6) is -0.194. The molecule has 0 saturated heterocycles. The van der Waals surface area contributed by atoms with Crippen LogP contribution in [0.5, 0.6) is 0 Å². The van der Waals surface area contributed by atoms with E-state index < -0.39 is 0 Å². The molecule has 0 aliphatic carbocycles. The highest BCUT2D eigenvalue weighted by atomic mass is 35.5. The third-order valence-electron chi connectivity index (χ3n) is 3.83. The number of rotatable bonds is 8. The van der Waals surface area contributed by atoms with Gasteiger partial charge in [-0.05, 0) is 23.3 Å². The van der Waals surface area contributed by atoms with E-state index in [4.69, 9.17) is 11.6 Å². The van der Waals surface area contributed by atoms with Crippen molar-refractivity contribution in [3.63, 3.8) is 0 Å². The van der Waals surface area contributed by atoms with Gasteiger partial charge in [-0.3, -0.25) is 9.59 Å². The van der Waals surface area contributed by atoms with Crippen molar-refractivity contribution in [2.45, 2.75) is 25.9 Å². The van der Waals surface area contributed by atoms with E-state index in [1.165, 1.54) is 11.3 Å². The third kappa shape index (κ3) is 5.28. The molecule has 0 atom stereocenters. The molecule has 1 N–H and O–H groups in total. The number of ketones is 1. The zero-order valence-corrected chi connectivity index (χ0v) is 15.6. The van der Waals surface area contributed by atoms with Crippen molar-refractivity contribution in [3.05, 3.63) is 75.5 Å². The average molecular weight is 388 g/mol. The quantitative estimate of drug-likeness (QED) is 0.596. The number of hydrogen-bond acceptors (Lipinski definition) is 4. The van der Waals surface area contributed by atoms with Gasteiger partial charge in [0, 0.05) is 38.3 Å². The minimum absolute atomic E-state index is 0.0561. The highest BCUT2D eigenvalue weighted by Crippen LogP contribution is 2.22. The molecule has 0 saturated carbocycles. The molecule has 0 aliphatic rings. The highest BCUT2D eigenvalue weighted by molar-refractivity contribution is 7.18. The molecular formula is C19H18ClN3O2S. The van der Waals surface area contributed by atoms with E-state index in [9.17, 15) is 9.59 Å². The summed E-state index contributed by atoms with van der Waals surface area (Å²) in [5.41, 5.74) is 2.16. The molecule has 7 heteroatoms. The first-order valence-corrected chi connectivity index (χ1v) is 9.38. The van der Waals surface area contributed by atoms with Gasteiger partial charge in [-0.25, -0.2) is 4.98 Å². The molecule has 26 heavy (non-hydrogen) atoms. The van der Waals surface area contributed by atoms with E-state index >= 15 is 0 Å². The number of benzene rings is 1. The van der Waals surface area contributed by atoms with Crippen molar-refractivity contribution in [2.75, 3.05) is 0 Å². The molecule has 2 heterocycles. The van der Waals surface area contributed by atoms with Crippen molar-refractivity contribution >= 4 is 34.6 Å². The third-order valence-corrected chi connectivity index (χ3v) is 5.10. The first kappa shape index (κ1) is 18.4. The molecule has 0 aliphatic heterocycles. The van der Waals surface area contributed by atoms with E-state index in [1.807, 2.05) is 29.0 Å². The van der Waals surface area contributed by atoms with Gasteiger partial charge in [-0.15, -0.1) is 11.3 Å². The van der Waals surface area contributed by atoms with Crippen molar-refractivity contribution in [1.29, 1.82) is 0 Å². The lowest BCUT2D eigenvalue weighted by Gasteiger charge is -2.08. The fraction of sp³-hybridized carbons (Fsp3) is 0.211. The lowest BCUT2D eigenvalue weighted by atomic mass is 10.1. The maximum absolute atomic E-state index is 12.0. The van der Waals surface area contributed by atoms with Gasteiger partial charge in [0.25, 0.3) is 0 Å². The number of Topliss-reactive ketones (excluding diaryl/α,β-unsaturated/α-hetero) is 1. The Morgan fingerprint density at radius 2 is 2.00 bits per heavy atom. The molecule has 3 rings (SSSR count). The van der Waals surface area contributed by atoms with Gasteiger partial charge in [0.05, 0.1) is 15.5 Å². The number of nitrogens with one attached hydrogen (secondary N) is 1. The van der Waals surface area contributed by atoms with Crippen LogP contribution < -0.4 is 5.32 Å². The molecule has 0 spiro atoms. The van der Waals surface area contributed by atoms with E-state index in [2.05, 4.69) is 16.4 Å². The normalized spacial score (nSPS) is 10.7. The first-order chi connectivity index (χ1) is 12.6. The summed E-state index contributed by atoms with van der Waals surface area (Å²) >= 11 is 7.06. The molecule has 0 unspecified atom stereocenters. The van der Waals surface area contributed by atoms with Crippen molar-refractivity contribution < 1.29 is 9.59 Å². The predicted molar refractivity (Wildman–Crippen MR) is 103 cm³/mol. The molecule has 2 aromatic heterocycles. The van der Waals surface area contributed by atoms with Crippen LogP contribution in [0.1, 0.15) is 33.6 Å². The standard InChI is InChI=1S/C19H18ClN3O2S/c20-18-6-5-17(26-18)16(24)4-7-19(25)22-11-14-2-1-3-15(10-14)12-23-9-8-21-13-23/h1-3,5-6,8-10,13H,4,7,11-12H2,(H,22,25). The van der Waals surface area contributed by atoms with E-state index in [0.29, 0.717) is 15.8 Å². The fourth-order valence-electron chi connectivity index (χ4n) is 2.53. The number of thiophene rings is 1. The Balaban J connectivity index is 1.46. The van der Waals surface area contributed by atoms with Gasteiger partial charge < -0.3 is 9.88 Å². The SMILES string of the molecule is O=C(CCC(=O)c1ccc(Cl)s1)NCc1cccc(Cn2ccnc2)c1. The Hall–Kier alpha value is -2.44. The molecule has 0 radical (unpaired) electrons. The van der Waals surface area contributed by atoms with Gasteiger partial charge in [0.1, 0.15) is 0 Å². The number of aromatic nitrogens is 2. The van der Waals surface area contributed by atoms with E-state index in [0.717, 1.165) is 17.7 Å². The Morgan fingerprint density at radius 1 is 1.15 bits per heavy atom. The second-order valence-electron chi connectivity index (χ2n) is 5.86. The van der Waals surface area contributed by atoms with Gasteiger partial charge in [-0.1, -0.05) is 35.9 Å². The van der Waals surface area contributed by atoms with Gasteiger partial charge in [0.15, 0.2) is 5.78 Å². The van der Waals surface area contributed by atoms with Crippen molar-refractivity contribution in [3.8, 4) is 0 Å². The van der Waals surface area contributed by atoms with Crippen LogP contribution >= 0.6 is 22.9 Å². The maximum Gasteiger partial charge on any atom is 0.220 e. The van der Waals surface area contributed by atoms with Crippen LogP contribution in [0.15, 0.2) is 55.1 Å². The average Bonchev–Trinajstić information content (AvgIpc) is 3.30. The van der Waals surface area contributed by atoms with Crippen LogP contribution in [0.4, 0.5) is 0 Å². The number of halogens is 1. The lowest BCUT2D eigenvalue weighted by molar-refractivity contribution is -0.121. The fourth-order valence-corrected chi connectivity index (χ4v) is 3.54. The molecular weight excluding hydrogens is 370 g/mol. The summed E-state index contributed by atoms with van der Waals surface area (Å²) in [7, 11) is 0. The lowest BCUT2D eigenvalue weighted by Crippen LogP contribution is -2.23. The van der Waals surface area contributed by atoms with Crippen LogP contribution in [0.25, 0.3) is 0 Å².